The van der Waals surface area contributed by atoms with Crippen LogP contribution >= 0.6 is 39.3 Å². The van der Waals surface area contributed by atoms with Crippen molar-refractivity contribution in [2.24, 2.45) is 0 Å². The van der Waals surface area contributed by atoms with Crippen LogP contribution in [0.4, 0.5) is 5.82 Å². The molecule has 0 fully saturated rings. The SMILES string of the molecule is CSCC(C)(O)CNc1ccc2cc(Br)cc(Cl)c2n1. The van der Waals surface area contributed by atoms with E-state index in [4.69, 9.17) is 11.6 Å². The predicted molar refractivity (Wildman–Crippen MR) is 91.9 cm³/mol. The van der Waals surface area contributed by atoms with Gasteiger partial charge in [0.2, 0.25) is 0 Å². The molecule has 1 aromatic carbocycles. The molecular formula is C14H16BrClN2OS. The molecule has 0 radical (unpaired) electrons. The fraction of sp³-hybridized carbons (Fsp3) is 0.357. The molecule has 1 aromatic heterocycles. The average Bonchev–Trinajstić information content (AvgIpc) is 2.36. The van der Waals surface area contributed by atoms with Crippen molar-refractivity contribution in [3.05, 3.63) is 33.8 Å². The van der Waals surface area contributed by atoms with E-state index in [0.29, 0.717) is 23.1 Å². The Morgan fingerprint density at radius 1 is 1.45 bits per heavy atom. The molecular weight excluding hydrogens is 360 g/mol. The molecule has 2 N–H and O–H groups in total. The summed E-state index contributed by atoms with van der Waals surface area (Å²) in [5, 5.41) is 14.9. The Kier molecular flexibility index (Phi) is 5.18. The summed E-state index contributed by atoms with van der Waals surface area (Å²) in [4.78, 5) is 4.50. The van der Waals surface area contributed by atoms with Gasteiger partial charge in [0, 0.05) is 22.2 Å². The number of fused-ring (bicyclic) bond motifs is 1. The van der Waals surface area contributed by atoms with Crippen molar-refractivity contribution < 1.29 is 5.11 Å². The van der Waals surface area contributed by atoms with Crippen LogP contribution in [0.2, 0.25) is 5.02 Å². The Bertz CT molecular complexity index is 621. The van der Waals surface area contributed by atoms with Crippen molar-refractivity contribution in [2.75, 3.05) is 23.9 Å². The van der Waals surface area contributed by atoms with E-state index < -0.39 is 5.60 Å². The third-order valence-electron chi connectivity index (χ3n) is 2.82. The summed E-state index contributed by atoms with van der Waals surface area (Å²) in [6.07, 6.45) is 1.97. The zero-order chi connectivity index (χ0) is 14.8. The predicted octanol–water partition coefficient (Wildman–Crippen LogP) is 4.18. The van der Waals surface area contributed by atoms with Crippen LogP contribution in [0.5, 0.6) is 0 Å². The first-order valence-electron chi connectivity index (χ1n) is 6.12. The summed E-state index contributed by atoms with van der Waals surface area (Å²) in [6, 6.07) is 7.65. The molecule has 108 valence electrons. The normalized spacial score (nSPS) is 14.2. The molecule has 0 saturated heterocycles. The minimum Gasteiger partial charge on any atom is -0.387 e. The molecule has 3 nitrogen and oxygen atoms in total. The Hall–Kier alpha value is -0.490. The van der Waals surface area contributed by atoms with Crippen molar-refractivity contribution in [2.45, 2.75) is 12.5 Å². The number of hydrogen-bond acceptors (Lipinski definition) is 4. The van der Waals surface area contributed by atoms with Crippen molar-refractivity contribution in [1.29, 1.82) is 0 Å². The maximum absolute atomic E-state index is 10.1. The van der Waals surface area contributed by atoms with Gasteiger partial charge in [-0.1, -0.05) is 27.5 Å². The highest BCUT2D eigenvalue weighted by Gasteiger charge is 2.19. The summed E-state index contributed by atoms with van der Waals surface area (Å²) in [5.41, 5.74) is -0.0103. The molecule has 2 aromatic rings. The molecule has 0 spiro atoms. The second kappa shape index (κ2) is 6.52. The van der Waals surface area contributed by atoms with Crippen LogP contribution in [0.25, 0.3) is 10.9 Å². The van der Waals surface area contributed by atoms with E-state index in [9.17, 15) is 5.11 Å². The van der Waals surface area contributed by atoms with Crippen LogP contribution in [-0.2, 0) is 0 Å². The van der Waals surface area contributed by atoms with Gasteiger partial charge in [0.25, 0.3) is 0 Å². The van der Waals surface area contributed by atoms with Gasteiger partial charge in [-0.2, -0.15) is 11.8 Å². The molecule has 1 atom stereocenters. The molecule has 2 rings (SSSR count). The number of benzene rings is 1. The second-order valence-corrected chi connectivity index (χ2v) is 7.13. The van der Waals surface area contributed by atoms with Crippen molar-refractivity contribution in [3.8, 4) is 0 Å². The summed E-state index contributed by atoms with van der Waals surface area (Å²) in [7, 11) is 0. The number of anilines is 1. The van der Waals surface area contributed by atoms with Crippen LogP contribution in [0.3, 0.4) is 0 Å². The van der Waals surface area contributed by atoms with E-state index in [2.05, 4.69) is 26.2 Å². The molecule has 0 aliphatic carbocycles. The lowest BCUT2D eigenvalue weighted by atomic mass is 10.1. The van der Waals surface area contributed by atoms with Gasteiger partial charge in [-0.3, -0.25) is 0 Å². The largest absolute Gasteiger partial charge is 0.387 e. The lowest BCUT2D eigenvalue weighted by Crippen LogP contribution is -2.36. The van der Waals surface area contributed by atoms with Crippen LogP contribution in [0.1, 0.15) is 6.92 Å². The Labute approximate surface area is 136 Å². The first-order chi connectivity index (χ1) is 9.41. The van der Waals surface area contributed by atoms with Crippen LogP contribution < -0.4 is 5.32 Å². The minimum absolute atomic E-state index is 0.445. The topological polar surface area (TPSA) is 45.1 Å². The first-order valence-corrected chi connectivity index (χ1v) is 8.69. The monoisotopic (exact) mass is 374 g/mol. The van der Waals surface area contributed by atoms with Gasteiger partial charge < -0.3 is 10.4 Å². The molecule has 0 saturated carbocycles. The number of halogens is 2. The van der Waals surface area contributed by atoms with Crippen molar-refractivity contribution >= 4 is 56.0 Å². The van der Waals surface area contributed by atoms with Gasteiger partial charge in [-0.15, -0.1) is 0 Å². The van der Waals surface area contributed by atoms with Gasteiger partial charge in [-0.05, 0) is 37.4 Å². The molecule has 0 aliphatic rings. The van der Waals surface area contributed by atoms with Crippen molar-refractivity contribution in [1.82, 2.24) is 4.98 Å². The summed E-state index contributed by atoms with van der Waals surface area (Å²) in [5.74, 6) is 1.38. The van der Waals surface area contributed by atoms with Crippen LogP contribution in [0.15, 0.2) is 28.7 Å². The van der Waals surface area contributed by atoms with Crippen LogP contribution in [-0.4, -0.2) is 34.2 Å². The number of hydrogen-bond donors (Lipinski definition) is 2. The van der Waals surface area contributed by atoms with E-state index in [-0.39, 0.29) is 0 Å². The number of nitrogens with zero attached hydrogens (tertiary/aromatic N) is 1. The summed E-state index contributed by atoms with van der Waals surface area (Å²) >= 11 is 11.2. The standard InChI is InChI=1S/C14H16BrClN2OS/c1-14(19,8-20-2)7-17-12-4-3-9-5-10(15)6-11(16)13(9)18-12/h3-6,19H,7-8H2,1-2H3,(H,17,18). The Morgan fingerprint density at radius 2 is 2.20 bits per heavy atom. The number of aromatic nitrogens is 1. The smallest absolute Gasteiger partial charge is 0.126 e. The number of thioether (sulfide) groups is 1. The number of aliphatic hydroxyl groups is 1. The van der Waals surface area contributed by atoms with E-state index in [1.165, 1.54) is 0 Å². The zero-order valence-corrected chi connectivity index (χ0v) is 14.4. The van der Waals surface area contributed by atoms with Gasteiger partial charge in [0.05, 0.1) is 16.1 Å². The van der Waals surface area contributed by atoms with E-state index >= 15 is 0 Å². The highest BCUT2D eigenvalue weighted by molar-refractivity contribution is 9.10. The van der Waals surface area contributed by atoms with Gasteiger partial charge >= 0.3 is 0 Å². The maximum atomic E-state index is 10.1. The van der Waals surface area contributed by atoms with Crippen LogP contribution in [0, 0.1) is 0 Å². The van der Waals surface area contributed by atoms with Crippen molar-refractivity contribution in [3.63, 3.8) is 0 Å². The van der Waals surface area contributed by atoms with Gasteiger partial charge in [0.1, 0.15) is 5.82 Å². The lowest BCUT2D eigenvalue weighted by Gasteiger charge is -2.22. The summed E-state index contributed by atoms with van der Waals surface area (Å²) < 4.78 is 0.931. The third kappa shape index (κ3) is 4.01. The molecule has 0 bridgehead atoms. The molecule has 0 amide bonds. The molecule has 6 heteroatoms. The Balaban J connectivity index is 2.20. The third-order valence-corrected chi connectivity index (χ3v) is 4.47. The summed E-state index contributed by atoms with van der Waals surface area (Å²) in [6.45, 7) is 2.25. The molecule has 1 heterocycles. The molecule has 20 heavy (non-hydrogen) atoms. The fourth-order valence-electron chi connectivity index (χ4n) is 1.90. The number of nitrogens with one attached hydrogen (secondary N) is 1. The van der Waals surface area contributed by atoms with E-state index in [1.54, 1.807) is 11.8 Å². The lowest BCUT2D eigenvalue weighted by molar-refractivity contribution is 0.0996. The number of pyridine rings is 1. The maximum Gasteiger partial charge on any atom is 0.126 e. The Morgan fingerprint density at radius 3 is 2.90 bits per heavy atom. The van der Waals surface area contributed by atoms with Gasteiger partial charge in [-0.25, -0.2) is 4.98 Å². The molecule has 0 aliphatic heterocycles. The quantitative estimate of drug-likeness (QED) is 0.823. The fourth-order valence-corrected chi connectivity index (χ4v) is 3.50. The zero-order valence-electron chi connectivity index (χ0n) is 11.3. The molecule has 1 unspecified atom stereocenters. The van der Waals surface area contributed by atoms with Gasteiger partial charge in [0.15, 0.2) is 0 Å². The van der Waals surface area contributed by atoms with E-state index in [0.717, 1.165) is 15.4 Å². The highest BCUT2D eigenvalue weighted by Crippen LogP contribution is 2.27. The minimum atomic E-state index is -0.764. The first kappa shape index (κ1) is 15.9. The average molecular weight is 376 g/mol. The van der Waals surface area contributed by atoms with E-state index in [1.807, 2.05) is 37.4 Å². The second-order valence-electron chi connectivity index (χ2n) is 4.94. The highest BCUT2D eigenvalue weighted by atomic mass is 79.9. The number of rotatable bonds is 5.